The minimum absolute atomic E-state index is 0.0503. The Bertz CT molecular complexity index is 1370. The van der Waals surface area contributed by atoms with Gasteiger partial charge in [0.2, 0.25) is 11.8 Å². The lowest BCUT2D eigenvalue weighted by atomic mass is 9.98. The van der Waals surface area contributed by atoms with Crippen LogP contribution in [0.15, 0.2) is 47.7 Å². The lowest BCUT2D eigenvalue weighted by molar-refractivity contribution is 0.280. The number of nitrogens with zero attached hydrogens (tertiary/aromatic N) is 3. The fourth-order valence-electron chi connectivity index (χ4n) is 4.07. The molecule has 0 unspecified atom stereocenters. The number of phenolic OH excluding ortho intramolecular Hbond substituents is 1. The van der Waals surface area contributed by atoms with Crippen LogP contribution in [0, 0.1) is 5.82 Å². The van der Waals surface area contributed by atoms with Crippen molar-refractivity contribution in [3.63, 3.8) is 0 Å². The first-order valence-corrected chi connectivity index (χ1v) is 10.0. The quantitative estimate of drug-likeness (QED) is 0.515. The second kappa shape index (κ2) is 6.70. The summed E-state index contributed by atoms with van der Waals surface area (Å²) in [5.41, 5.74) is 2.53. The Morgan fingerprint density at radius 2 is 1.87 bits per heavy atom. The second-order valence-electron chi connectivity index (χ2n) is 8.64. The van der Waals surface area contributed by atoms with Gasteiger partial charge in [-0.1, -0.05) is 12.1 Å². The predicted molar refractivity (Wildman–Crippen MR) is 117 cm³/mol. The van der Waals surface area contributed by atoms with Crippen molar-refractivity contribution in [2.75, 3.05) is 6.61 Å². The molecule has 1 aliphatic heterocycles. The molecule has 2 N–H and O–H groups in total. The maximum atomic E-state index is 13.3. The summed E-state index contributed by atoms with van der Waals surface area (Å²) in [4.78, 5) is 9.24. The number of benzene rings is 2. The van der Waals surface area contributed by atoms with Crippen LogP contribution in [0.2, 0.25) is 0 Å². The third-order valence-electron chi connectivity index (χ3n) is 5.60. The Morgan fingerprint density at radius 1 is 1.13 bits per heavy atom. The molecule has 4 aromatic rings. The summed E-state index contributed by atoms with van der Waals surface area (Å²) < 4.78 is 20.7. The largest absolute Gasteiger partial charge is 0.505 e. The Kier molecular flexibility index (Phi) is 4.18. The minimum atomic E-state index is -0.373. The molecule has 7 heteroatoms. The molecule has 5 rings (SSSR count). The van der Waals surface area contributed by atoms with Gasteiger partial charge in [0.15, 0.2) is 5.75 Å². The van der Waals surface area contributed by atoms with E-state index in [2.05, 4.69) is 4.98 Å². The van der Waals surface area contributed by atoms with Gasteiger partial charge in [0.1, 0.15) is 17.9 Å². The summed E-state index contributed by atoms with van der Waals surface area (Å²) in [5.74, 6) is 0.0490. The Labute approximate surface area is 178 Å². The molecular formula is C24H22FN3O3. The summed E-state index contributed by atoms with van der Waals surface area (Å²) in [5, 5.41) is 23.1. The van der Waals surface area contributed by atoms with Gasteiger partial charge in [0.05, 0.1) is 16.5 Å². The van der Waals surface area contributed by atoms with E-state index in [1.165, 1.54) is 12.1 Å². The van der Waals surface area contributed by atoms with Gasteiger partial charge >= 0.3 is 0 Å². The number of ether oxygens (including phenoxy) is 1. The van der Waals surface area contributed by atoms with Crippen molar-refractivity contribution < 1.29 is 19.3 Å². The van der Waals surface area contributed by atoms with Crippen LogP contribution >= 0.6 is 0 Å². The van der Waals surface area contributed by atoms with Crippen LogP contribution in [0.25, 0.3) is 21.7 Å². The van der Waals surface area contributed by atoms with Crippen LogP contribution in [0.4, 0.5) is 4.39 Å². The zero-order chi connectivity index (χ0) is 21.9. The van der Waals surface area contributed by atoms with Crippen LogP contribution in [0.3, 0.4) is 0 Å². The molecule has 3 heterocycles. The third kappa shape index (κ3) is 3.17. The van der Waals surface area contributed by atoms with Crippen molar-refractivity contribution in [2.24, 2.45) is 12.0 Å². The molecule has 0 atom stereocenters. The van der Waals surface area contributed by atoms with Gasteiger partial charge in [-0.05, 0) is 49.6 Å². The van der Waals surface area contributed by atoms with Crippen molar-refractivity contribution in [1.29, 1.82) is 0 Å². The normalized spacial score (nSPS) is 15.4. The van der Waals surface area contributed by atoms with Crippen LogP contribution < -0.4 is 0 Å². The van der Waals surface area contributed by atoms with Crippen molar-refractivity contribution in [1.82, 2.24) is 9.55 Å². The molecule has 158 valence electrons. The van der Waals surface area contributed by atoms with Crippen LogP contribution in [0.1, 0.15) is 30.5 Å². The van der Waals surface area contributed by atoms with Gasteiger partial charge in [0, 0.05) is 30.2 Å². The maximum Gasteiger partial charge on any atom is 0.218 e. The highest BCUT2D eigenvalue weighted by atomic mass is 19.1. The van der Waals surface area contributed by atoms with Crippen LogP contribution in [0.5, 0.6) is 11.6 Å². The molecule has 0 saturated carbocycles. The molecule has 0 aliphatic carbocycles. The zero-order valence-corrected chi connectivity index (χ0v) is 17.5. The summed E-state index contributed by atoms with van der Waals surface area (Å²) in [6.45, 7) is 4.41. The lowest BCUT2D eigenvalue weighted by Crippen LogP contribution is -2.17. The number of pyridine rings is 1. The fraction of sp³-hybridized carbons (Fsp3) is 0.250. The summed E-state index contributed by atoms with van der Waals surface area (Å²) in [6, 6.07) is 8.29. The van der Waals surface area contributed by atoms with E-state index in [9.17, 15) is 14.6 Å². The van der Waals surface area contributed by atoms with Crippen LogP contribution in [-0.2, 0) is 18.2 Å². The Balaban J connectivity index is 1.77. The predicted octanol–water partition coefficient (Wildman–Crippen LogP) is 4.42. The molecule has 0 bridgehead atoms. The smallest absolute Gasteiger partial charge is 0.218 e. The molecule has 1 aliphatic rings. The number of halogens is 1. The monoisotopic (exact) mass is 419 g/mol. The summed E-state index contributed by atoms with van der Waals surface area (Å²) in [7, 11) is 1.71. The van der Waals surface area contributed by atoms with E-state index < -0.39 is 0 Å². The fourth-order valence-corrected chi connectivity index (χ4v) is 4.07. The molecule has 6 nitrogen and oxygen atoms in total. The van der Waals surface area contributed by atoms with Gasteiger partial charge in [0.25, 0.3) is 0 Å². The number of phenols is 1. The summed E-state index contributed by atoms with van der Waals surface area (Å²) in [6.07, 6.45) is 3.99. The third-order valence-corrected chi connectivity index (χ3v) is 5.60. The average Bonchev–Trinajstić information content (AvgIpc) is 3.23. The van der Waals surface area contributed by atoms with Crippen molar-refractivity contribution in [3.8, 4) is 11.6 Å². The number of hydrogen-bond donors (Lipinski definition) is 2. The van der Waals surface area contributed by atoms with Crippen LogP contribution in [-0.4, -0.2) is 37.8 Å². The van der Waals surface area contributed by atoms with E-state index in [0.717, 1.165) is 11.1 Å². The number of rotatable bonds is 3. The minimum Gasteiger partial charge on any atom is -0.505 e. The van der Waals surface area contributed by atoms with E-state index >= 15 is 0 Å². The highest BCUT2D eigenvalue weighted by Gasteiger charge is 2.31. The van der Waals surface area contributed by atoms with Crippen molar-refractivity contribution in [2.45, 2.75) is 25.8 Å². The topological polar surface area (TPSA) is 79.9 Å². The van der Waals surface area contributed by atoms with Gasteiger partial charge in [-0.15, -0.1) is 0 Å². The van der Waals surface area contributed by atoms with E-state index in [4.69, 9.17) is 9.73 Å². The lowest BCUT2D eigenvalue weighted by Gasteiger charge is -2.12. The maximum absolute atomic E-state index is 13.3. The molecule has 0 amide bonds. The number of aromatic hydroxyl groups is 2. The highest BCUT2D eigenvalue weighted by molar-refractivity contribution is 6.21. The van der Waals surface area contributed by atoms with Gasteiger partial charge in [-0.25, -0.2) is 9.38 Å². The van der Waals surface area contributed by atoms with E-state index in [0.29, 0.717) is 46.2 Å². The van der Waals surface area contributed by atoms with Gasteiger partial charge in [-0.2, -0.15) is 0 Å². The Hall–Kier alpha value is -3.61. The molecule has 2 aromatic heterocycles. The van der Waals surface area contributed by atoms with Gasteiger partial charge in [-0.3, -0.25) is 4.98 Å². The second-order valence-corrected chi connectivity index (χ2v) is 8.64. The number of hydrogen-bond acceptors (Lipinski definition) is 5. The first-order valence-electron chi connectivity index (χ1n) is 10.0. The molecule has 2 aromatic carbocycles. The summed E-state index contributed by atoms with van der Waals surface area (Å²) >= 11 is 0. The molecule has 0 fully saturated rings. The van der Waals surface area contributed by atoms with E-state index in [1.807, 2.05) is 19.9 Å². The number of aryl methyl sites for hydroxylation is 1. The zero-order valence-electron chi connectivity index (χ0n) is 17.5. The molecule has 0 radical (unpaired) electrons. The number of fused-ring (bicyclic) bond motifs is 2. The molecule has 0 saturated heterocycles. The molecule has 31 heavy (non-hydrogen) atoms. The van der Waals surface area contributed by atoms with Crippen molar-refractivity contribution >= 4 is 27.6 Å². The Morgan fingerprint density at radius 3 is 2.55 bits per heavy atom. The molecular weight excluding hydrogens is 397 g/mol. The average molecular weight is 419 g/mol. The SMILES string of the molecule is Cn1cc2c(C3=NC(C)(C)CO3)c3cc(Cc4ccc(F)cc4)cnc3c(O)c2c1O. The van der Waals surface area contributed by atoms with E-state index in [-0.39, 0.29) is 23.0 Å². The van der Waals surface area contributed by atoms with Crippen molar-refractivity contribution in [3.05, 3.63) is 65.2 Å². The van der Waals surface area contributed by atoms with E-state index in [1.54, 1.807) is 36.1 Å². The first kappa shape index (κ1) is 19.4. The first-order chi connectivity index (χ1) is 14.7. The number of aromatic nitrogens is 2. The van der Waals surface area contributed by atoms with Gasteiger partial charge < -0.3 is 19.5 Å². The number of aliphatic imine (C=N–C) groups is 1. The molecule has 0 spiro atoms. The standard InChI is InChI=1S/C24H22FN3O3/c1-24(2)12-31-22(27-24)18-16-9-14(8-13-4-6-15(25)7-5-13)10-26-20(16)21(29)19-17(18)11-28(3)23(19)30/h4-7,9-11,29-30H,8,12H2,1-3H3. The highest BCUT2D eigenvalue weighted by Crippen LogP contribution is 2.43.